The molecule has 0 saturated carbocycles. The van der Waals surface area contributed by atoms with Crippen LogP contribution in [0.1, 0.15) is 0 Å². The molecule has 0 fully saturated rings. The van der Waals surface area contributed by atoms with E-state index in [4.69, 9.17) is 19.9 Å². The van der Waals surface area contributed by atoms with E-state index in [2.05, 4.69) is 158 Å². The Kier molecular flexibility index (Phi) is 8.47. The minimum Gasteiger partial charge on any atom is -0.248 e. The van der Waals surface area contributed by atoms with Gasteiger partial charge in [0.2, 0.25) is 0 Å². The highest BCUT2D eigenvalue weighted by atomic mass is 15.0. The minimum atomic E-state index is 0.614. The maximum absolute atomic E-state index is 5.21. The van der Waals surface area contributed by atoms with Crippen molar-refractivity contribution in [2.24, 2.45) is 0 Å². The zero-order valence-corrected chi connectivity index (χ0v) is 30.4. The highest BCUT2D eigenvalue weighted by Crippen LogP contribution is 2.38. The first-order valence-electron chi connectivity index (χ1n) is 18.8. The van der Waals surface area contributed by atoms with E-state index in [-0.39, 0.29) is 0 Å². The molecule has 0 N–H and O–H groups in total. The van der Waals surface area contributed by atoms with E-state index >= 15 is 0 Å². The average molecular weight is 715 g/mol. The molecule has 8 aromatic carbocycles. The van der Waals surface area contributed by atoms with Gasteiger partial charge in [-0.25, -0.2) is 19.9 Å². The molecule has 0 radical (unpaired) electrons. The quantitative estimate of drug-likeness (QED) is 0.154. The van der Waals surface area contributed by atoms with Crippen LogP contribution in [0.5, 0.6) is 0 Å². The SMILES string of the molecule is c1ccc(-c2cc(-c3ccccc3)cc(-c3nc(-c4ccccc4)nc(-c4ccc5c(ccc6nc(-c7ccccc7)cc(-c7ccccc7)c65)c4)n3)c2)cc1. The van der Waals surface area contributed by atoms with E-state index in [1.807, 2.05) is 48.5 Å². The fraction of sp³-hybridized carbons (Fsp3) is 0. The second-order valence-corrected chi connectivity index (χ2v) is 13.9. The van der Waals surface area contributed by atoms with Gasteiger partial charge in [0.15, 0.2) is 17.5 Å². The van der Waals surface area contributed by atoms with Gasteiger partial charge in [0.05, 0.1) is 11.2 Å². The van der Waals surface area contributed by atoms with Gasteiger partial charge in [0, 0.05) is 27.6 Å². The van der Waals surface area contributed by atoms with Gasteiger partial charge in [-0.2, -0.15) is 0 Å². The first kappa shape index (κ1) is 33.0. The molecule has 262 valence electrons. The van der Waals surface area contributed by atoms with Crippen LogP contribution in [0.3, 0.4) is 0 Å². The summed E-state index contributed by atoms with van der Waals surface area (Å²) in [6.45, 7) is 0. The lowest BCUT2D eigenvalue weighted by molar-refractivity contribution is 1.07. The lowest BCUT2D eigenvalue weighted by atomic mass is 9.94. The van der Waals surface area contributed by atoms with Crippen LogP contribution in [0.25, 0.3) is 100 Å². The summed E-state index contributed by atoms with van der Waals surface area (Å²) in [7, 11) is 0. The topological polar surface area (TPSA) is 51.6 Å². The Morgan fingerprint density at radius 1 is 0.268 bits per heavy atom. The maximum atomic E-state index is 5.21. The number of aromatic nitrogens is 4. The third-order valence-electron chi connectivity index (χ3n) is 10.3. The van der Waals surface area contributed by atoms with Gasteiger partial charge in [-0.1, -0.05) is 170 Å². The van der Waals surface area contributed by atoms with Crippen molar-refractivity contribution in [2.45, 2.75) is 0 Å². The molecule has 0 aliphatic heterocycles. The van der Waals surface area contributed by atoms with Crippen molar-refractivity contribution in [2.75, 3.05) is 0 Å². The molecule has 0 aliphatic carbocycles. The zero-order chi connectivity index (χ0) is 37.3. The summed E-state index contributed by atoms with van der Waals surface area (Å²) in [6, 6.07) is 71.7. The van der Waals surface area contributed by atoms with Crippen LogP contribution in [-0.2, 0) is 0 Å². The van der Waals surface area contributed by atoms with Crippen LogP contribution >= 0.6 is 0 Å². The summed E-state index contributed by atoms with van der Waals surface area (Å²) in [5.41, 5.74) is 12.5. The van der Waals surface area contributed by atoms with Gasteiger partial charge >= 0.3 is 0 Å². The number of benzene rings is 8. The average Bonchev–Trinajstić information content (AvgIpc) is 3.29. The molecule has 0 amide bonds. The maximum Gasteiger partial charge on any atom is 0.164 e. The van der Waals surface area contributed by atoms with Gasteiger partial charge in [0.1, 0.15) is 0 Å². The first-order valence-corrected chi connectivity index (χ1v) is 18.8. The normalized spacial score (nSPS) is 11.2. The van der Waals surface area contributed by atoms with Gasteiger partial charge in [-0.3, -0.25) is 0 Å². The Balaban J connectivity index is 1.16. The first-order chi connectivity index (χ1) is 27.7. The molecule has 2 heterocycles. The summed E-state index contributed by atoms with van der Waals surface area (Å²) in [5.74, 6) is 1.86. The molecule has 0 aliphatic rings. The standard InChI is InChI=1S/C52H34N4/c1-6-16-35(17-7-1)42-31-43(36-18-8-2-9-19-36)33-44(32-42)52-55-50(39-24-14-5-15-25-39)54-51(56-52)41-26-28-45-40(30-41)27-29-47-49(45)46(37-20-10-3-11-21-37)34-48(53-47)38-22-12-4-13-23-38/h1-34H. The molecule has 10 rings (SSSR count). The van der Waals surface area contributed by atoms with Gasteiger partial charge < -0.3 is 0 Å². The molecule has 2 aromatic heterocycles. The smallest absolute Gasteiger partial charge is 0.164 e. The lowest BCUT2D eigenvalue weighted by Crippen LogP contribution is -2.00. The van der Waals surface area contributed by atoms with E-state index in [9.17, 15) is 0 Å². The van der Waals surface area contributed by atoms with Crippen molar-refractivity contribution in [3.8, 4) is 78.8 Å². The van der Waals surface area contributed by atoms with Crippen LogP contribution < -0.4 is 0 Å². The molecular formula is C52H34N4. The third kappa shape index (κ3) is 6.40. The summed E-state index contributed by atoms with van der Waals surface area (Å²) >= 11 is 0. The second kappa shape index (κ2) is 14.3. The Morgan fingerprint density at radius 3 is 1.30 bits per heavy atom. The fourth-order valence-electron chi connectivity index (χ4n) is 7.51. The minimum absolute atomic E-state index is 0.614. The molecule has 56 heavy (non-hydrogen) atoms. The molecular weight excluding hydrogens is 681 g/mol. The molecule has 4 heteroatoms. The summed E-state index contributed by atoms with van der Waals surface area (Å²) < 4.78 is 0. The fourth-order valence-corrected chi connectivity index (χ4v) is 7.51. The van der Waals surface area contributed by atoms with Crippen molar-refractivity contribution in [1.29, 1.82) is 0 Å². The summed E-state index contributed by atoms with van der Waals surface area (Å²) in [6.07, 6.45) is 0. The molecule has 4 nitrogen and oxygen atoms in total. The predicted molar refractivity (Wildman–Crippen MR) is 231 cm³/mol. The van der Waals surface area contributed by atoms with E-state index in [1.54, 1.807) is 0 Å². The predicted octanol–water partition coefficient (Wildman–Crippen LogP) is 13.2. The van der Waals surface area contributed by atoms with E-state index in [1.165, 1.54) is 0 Å². The number of rotatable bonds is 7. The van der Waals surface area contributed by atoms with Crippen molar-refractivity contribution < 1.29 is 0 Å². The summed E-state index contributed by atoms with van der Waals surface area (Å²) in [5, 5.41) is 3.33. The number of fused-ring (bicyclic) bond motifs is 3. The van der Waals surface area contributed by atoms with Gasteiger partial charge in [-0.15, -0.1) is 0 Å². The molecule has 0 bridgehead atoms. The number of pyridine rings is 1. The van der Waals surface area contributed by atoms with Crippen molar-refractivity contribution in [3.05, 3.63) is 206 Å². The molecule has 10 aromatic rings. The summed E-state index contributed by atoms with van der Waals surface area (Å²) in [4.78, 5) is 20.6. The highest BCUT2D eigenvalue weighted by molar-refractivity contribution is 6.14. The Hall–Kier alpha value is -7.56. The van der Waals surface area contributed by atoms with Crippen molar-refractivity contribution in [1.82, 2.24) is 19.9 Å². The van der Waals surface area contributed by atoms with Gasteiger partial charge in [0.25, 0.3) is 0 Å². The van der Waals surface area contributed by atoms with Crippen LogP contribution in [0, 0.1) is 0 Å². The van der Waals surface area contributed by atoms with Crippen LogP contribution in [0.15, 0.2) is 206 Å². The van der Waals surface area contributed by atoms with E-state index < -0.39 is 0 Å². The molecule has 0 spiro atoms. The number of nitrogens with zero attached hydrogens (tertiary/aromatic N) is 4. The monoisotopic (exact) mass is 714 g/mol. The van der Waals surface area contributed by atoms with Gasteiger partial charge in [-0.05, 0) is 80.6 Å². The number of hydrogen-bond donors (Lipinski definition) is 0. The van der Waals surface area contributed by atoms with Crippen molar-refractivity contribution in [3.63, 3.8) is 0 Å². The van der Waals surface area contributed by atoms with Crippen LogP contribution in [-0.4, -0.2) is 19.9 Å². The molecule has 0 atom stereocenters. The lowest BCUT2D eigenvalue weighted by Gasteiger charge is -2.14. The third-order valence-corrected chi connectivity index (χ3v) is 10.3. The second-order valence-electron chi connectivity index (χ2n) is 13.9. The van der Waals surface area contributed by atoms with Crippen LogP contribution in [0.4, 0.5) is 0 Å². The van der Waals surface area contributed by atoms with Crippen LogP contribution in [0.2, 0.25) is 0 Å². The van der Waals surface area contributed by atoms with E-state index in [0.29, 0.717) is 17.5 Å². The largest absolute Gasteiger partial charge is 0.248 e. The Bertz CT molecular complexity index is 2930. The zero-order valence-electron chi connectivity index (χ0n) is 30.4. The highest BCUT2D eigenvalue weighted by Gasteiger charge is 2.17. The Labute approximate surface area is 325 Å². The van der Waals surface area contributed by atoms with Crippen molar-refractivity contribution >= 4 is 21.7 Å². The molecule has 0 saturated heterocycles. The Morgan fingerprint density at radius 2 is 0.732 bits per heavy atom. The van der Waals surface area contributed by atoms with E-state index in [0.717, 1.165) is 83.0 Å². The molecule has 0 unspecified atom stereocenters. The number of hydrogen-bond acceptors (Lipinski definition) is 4.